The molecule has 0 saturated heterocycles. The number of thiophene rings is 1. The summed E-state index contributed by atoms with van der Waals surface area (Å²) in [7, 11) is -2.19. The lowest BCUT2D eigenvalue weighted by molar-refractivity contribution is 0.195. The summed E-state index contributed by atoms with van der Waals surface area (Å²) in [6, 6.07) is 5.22. The zero-order valence-corrected chi connectivity index (χ0v) is 12.6. The van der Waals surface area contributed by atoms with Crippen molar-refractivity contribution in [3.05, 3.63) is 17.5 Å². The number of unbranched alkanes of at least 4 members (excludes halogenated alkanes) is 1. The van der Waals surface area contributed by atoms with Crippen molar-refractivity contribution in [2.75, 3.05) is 19.8 Å². The lowest BCUT2D eigenvalue weighted by atomic mass is 10.3. The van der Waals surface area contributed by atoms with E-state index in [4.69, 9.17) is 14.6 Å². The van der Waals surface area contributed by atoms with Crippen LogP contribution in [0.25, 0.3) is 0 Å². The van der Waals surface area contributed by atoms with Crippen LogP contribution in [0, 0.1) is 0 Å². The fourth-order valence-corrected chi connectivity index (χ4v) is 6.86. The molecule has 17 heavy (non-hydrogen) atoms. The average molecular weight is 273 g/mol. The molecule has 1 aromatic rings. The van der Waals surface area contributed by atoms with Crippen LogP contribution in [0.2, 0.25) is 6.04 Å². The van der Waals surface area contributed by atoms with Gasteiger partial charge in [0.1, 0.15) is 0 Å². The Morgan fingerprint density at radius 2 is 1.94 bits per heavy atom. The van der Waals surface area contributed by atoms with Crippen molar-refractivity contribution in [3.63, 3.8) is 0 Å². The Bertz CT molecular complexity index is 287. The molecule has 0 atom stereocenters. The number of hydrogen-bond acceptors (Lipinski definition) is 4. The van der Waals surface area contributed by atoms with E-state index in [1.54, 1.807) is 11.3 Å². The monoisotopic (exact) mass is 273 g/mol. The molecular formula is C12H23NO2SSi. The lowest BCUT2D eigenvalue weighted by Crippen LogP contribution is -2.52. The van der Waals surface area contributed by atoms with E-state index in [1.165, 1.54) is 4.50 Å². The molecule has 0 aromatic carbocycles. The minimum Gasteiger partial charge on any atom is -0.391 e. The van der Waals surface area contributed by atoms with Gasteiger partial charge in [0, 0.05) is 17.7 Å². The number of hydrogen-bond donors (Lipinski definition) is 1. The van der Waals surface area contributed by atoms with E-state index in [0.717, 1.165) is 25.4 Å². The molecule has 0 saturated carbocycles. The molecule has 5 heteroatoms. The van der Waals surface area contributed by atoms with Gasteiger partial charge in [0.25, 0.3) is 0 Å². The Morgan fingerprint density at radius 3 is 2.41 bits per heavy atom. The quantitative estimate of drug-likeness (QED) is 0.554. The highest BCUT2D eigenvalue weighted by atomic mass is 32.1. The van der Waals surface area contributed by atoms with E-state index in [-0.39, 0.29) is 0 Å². The first-order valence-electron chi connectivity index (χ1n) is 6.31. The summed E-state index contributed by atoms with van der Waals surface area (Å²) < 4.78 is 13.4. The van der Waals surface area contributed by atoms with Gasteiger partial charge in [0.15, 0.2) is 0 Å². The number of rotatable bonds is 9. The van der Waals surface area contributed by atoms with Crippen molar-refractivity contribution < 1.29 is 8.85 Å². The molecule has 0 radical (unpaired) electrons. The smallest absolute Gasteiger partial charge is 0.382 e. The van der Waals surface area contributed by atoms with Crippen LogP contribution < -0.4 is 10.2 Å². The second kappa shape index (κ2) is 8.00. The first-order chi connectivity index (χ1) is 8.29. The first kappa shape index (κ1) is 14.9. The van der Waals surface area contributed by atoms with E-state index in [2.05, 4.69) is 17.5 Å². The Balaban J connectivity index is 2.79. The van der Waals surface area contributed by atoms with Crippen LogP contribution in [-0.2, 0) is 8.85 Å². The van der Waals surface area contributed by atoms with Crippen LogP contribution >= 0.6 is 11.3 Å². The van der Waals surface area contributed by atoms with Crippen molar-refractivity contribution in [2.45, 2.75) is 32.7 Å². The molecule has 0 amide bonds. The van der Waals surface area contributed by atoms with Gasteiger partial charge in [-0.2, -0.15) is 0 Å². The maximum Gasteiger partial charge on any atom is 0.382 e. The molecule has 3 nitrogen and oxygen atoms in total. The maximum atomic E-state index is 6.05. The van der Waals surface area contributed by atoms with Gasteiger partial charge in [-0.05, 0) is 50.7 Å². The fraction of sp³-hybridized carbons (Fsp3) is 0.667. The molecule has 0 fully saturated rings. The van der Waals surface area contributed by atoms with Crippen LogP contribution in [0.15, 0.2) is 17.5 Å². The summed E-state index contributed by atoms with van der Waals surface area (Å²) >= 11 is 1.75. The molecule has 0 aliphatic rings. The molecule has 0 aliphatic carbocycles. The maximum absolute atomic E-state index is 6.05. The first-order valence-corrected chi connectivity index (χ1v) is 9.21. The predicted molar refractivity (Wildman–Crippen MR) is 76.1 cm³/mol. The number of nitrogens with two attached hydrogens (primary N) is 1. The van der Waals surface area contributed by atoms with Crippen molar-refractivity contribution >= 4 is 24.4 Å². The van der Waals surface area contributed by atoms with Gasteiger partial charge in [-0.15, -0.1) is 11.3 Å². The van der Waals surface area contributed by atoms with Crippen LogP contribution in [0.3, 0.4) is 0 Å². The van der Waals surface area contributed by atoms with Gasteiger partial charge >= 0.3 is 8.56 Å². The molecule has 0 spiro atoms. The molecule has 98 valence electrons. The Kier molecular flexibility index (Phi) is 6.99. The van der Waals surface area contributed by atoms with Crippen molar-refractivity contribution in [1.82, 2.24) is 0 Å². The minimum atomic E-state index is -2.19. The third-order valence-electron chi connectivity index (χ3n) is 2.61. The standard InChI is InChI=1S/C12H23NO2SSi/c1-3-14-17(15-4-2,11-6-5-9-13)12-8-7-10-16-12/h7-8,10H,3-6,9,11,13H2,1-2H3. The summed E-state index contributed by atoms with van der Waals surface area (Å²) in [4.78, 5) is 0. The Morgan fingerprint density at radius 1 is 1.24 bits per heavy atom. The second-order valence-corrected chi connectivity index (χ2v) is 8.27. The van der Waals surface area contributed by atoms with Crippen molar-refractivity contribution in [1.29, 1.82) is 0 Å². The topological polar surface area (TPSA) is 44.5 Å². The average Bonchev–Trinajstić information content (AvgIpc) is 2.83. The van der Waals surface area contributed by atoms with Gasteiger partial charge in [-0.3, -0.25) is 0 Å². The molecule has 1 aromatic heterocycles. The summed E-state index contributed by atoms with van der Waals surface area (Å²) in [6.45, 7) is 6.25. The van der Waals surface area contributed by atoms with Crippen LogP contribution in [-0.4, -0.2) is 28.3 Å². The molecule has 2 N–H and O–H groups in total. The summed E-state index contributed by atoms with van der Waals surface area (Å²) in [5.41, 5.74) is 5.56. The van der Waals surface area contributed by atoms with E-state index in [1.807, 2.05) is 13.8 Å². The third-order valence-corrected chi connectivity index (χ3v) is 8.02. The molecular weight excluding hydrogens is 250 g/mol. The van der Waals surface area contributed by atoms with Crippen LogP contribution in [0.5, 0.6) is 0 Å². The fourth-order valence-electron chi connectivity index (χ4n) is 1.92. The van der Waals surface area contributed by atoms with Crippen molar-refractivity contribution in [3.8, 4) is 0 Å². The van der Waals surface area contributed by atoms with Crippen LogP contribution in [0.4, 0.5) is 0 Å². The lowest BCUT2D eigenvalue weighted by Gasteiger charge is -2.29. The summed E-state index contributed by atoms with van der Waals surface area (Å²) in [5, 5.41) is 2.10. The van der Waals surface area contributed by atoms with Gasteiger partial charge in [0.2, 0.25) is 0 Å². The highest BCUT2D eigenvalue weighted by molar-refractivity contribution is 7.23. The van der Waals surface area contributed by atoms with E-state index in [0.29, 0.717) is 13.2 Å². The highest BCUT2D eigenvalue weighted by Gasteiger charge is 2.40. The van der Waals surface area contributed by atoms with Gasteiger partial charge in [-0.25, -0.2) is 0 Å². The highest BCUT2D eigenvalue weighted by Crippen LogP contribution is 2.20. The minimum absolute atomic E-state index is 0.715. The SMILES string of the molecule is CCO[Si](CCCCN)(OCC)c1cccs1. The van der Waals surface area contributed by atoms with Crippen molar-refractivity contribution in [2.24, 2.45) is 5.73 Å². The summed E-state index contributed by atoms with van der Waals surface area (Å²) in [5.74, 6) is 0. The van der Waals surface area contributed by atoms with E-state index < -0.39 is 8.56 Å². The Labute approximate surface area is 109 Å². The Hall–Kier alpha value is -0.203. The third kappa shape index (κ3) is 4.19. The van der Waals surface area contributed by atoms with Gasteiger partial charge < -0.3 is 14.6 Å². The van der Waals surface area contributed by atoms with E-state index >= 15 is 0 Å². The predicted octanol–water partition coefficient (Wildman–Crippen LogP) is 2.21. The zero-order chi connectivity index (χ0) is 12.6. The molecule has 1 rings (SSSR count). The largest absolute Gasteiger partial charge is 0.391 e. The van der Waals surface area contributed by atoms with Gasteiger partial charge in [-0.1, -0.05) is 6.07 Å². The second-order valence-electron chi connectivity index (χ2n) is 3.84. The molecule has 1 heterocycles. The molecule has 0 aliphatic heterocycles. The van der Waals surface area contributed by atoms with Crippen LogP contribution in [0.1, 0.15) is 26.7 Å². The molecule has 0 unspecified atom stereocenters. The summed E-state index contributed by atoms with van der Waals surface area (Å²) in [6.07, 6.45) is 2.13. The molecule has 0 bridgehead atoms. The zero-order valence-electron chi connectivity index (χ0n) is 10.8. The van der Waals surface area contributed by atoms with E-state index in [9.17, 15) is 0 Å². The van der Waals surface area contributed by atoms with Gasteiger partial charge in [0.05, 0.1) is 0 Å². The normalized spacial score (nSPS) is 11.9.